The maximum atomic E-state index is 11.2. The highest BCUT2D eigenvalue weighted by Gasteiger charge is 2.34. The first-order valence-electron chi connectivity index (χ1n) is 11.2. The number of phosphoric acid groups is 1. The topological polar surface area (TPSA) is 96.2 Å². The van der Waals surface area contributed by atoms with E-state index in [2.05, 4.69) is 13.8 Å². The molecule has 0 aromatic rings. The number of hydrogen-bond acceptors (Lipinski definition) is 4. The number of aliphatic hydroxyl groups is 1. The Morgan fingerprint density at radius 2 is 1.25 bits per heavy atom. The summed E-state index contributed by atoms with van der Waals surface area (Å²) in [6, 6.07) is 0. The second kappa shape index (κ2) is 14.9. The molecule has 0 aromatic carbocycles. The van der Waals surface area contributed by atoms with Gasteiger partial charge in [-0.25, -0.2) is 4.57 Å². The summed E-state index contributed by atoms with van der Waals surface area (Å²) in [6.07, 6.45) is 11.2. The summed E-state index contributed by atoms with van der Waals surface area (Å²) in [5.74, 6) is 0. The average Bonchev–Trinajstić information content (AvgIpc) is 2.67. The summed E-state index contributed by atoms with van der Waals surface area (Å²) in [7, 11) is -4.47. The van der Waals surface area contributed by atoms with Crippen LogP contribution < -0.4 is 0 Å². The van der Waals surface area contributed by atoms with Crippen LogP contribution in [-0.4, -0.2) is 40.3 Å². The van der Waals surface area contributed by atoms with Crippen molar-refractivity contribution in [1.82, 2.24) is 0 Å². The van der Waals surface area contributed by atoms with Crippen LogP contribution in [0.1, 0.15) is 105 Å². The molecule has 0 aliphatic heterocycles. The second-order valence-electron chi connectivity index (χ2n) is 8.03. The Morgan fingerprint density at radius 3 is 1.68 bits per heavy atom. The molecule has 0 rings (SSSR count). The zero-order valence-corrected chi connectivity index (χ0v) is 19.5. The molecule has 0 amide bonds. The third-order valence-corrected chi connectivity index (χ3v) is 7.01. The van der Waals surface area contributed by atoms with Gasteiger partial charge >= 0.3 is 7.82 Å². The van der Waals surface area contributed by atoms with E-state index in [-0.39, 0.29) is 6.61 Å². The maximum absolute atomic E-state index is 11.2. The van der Waals surface area contributed by atoms with Gasteiger partial charge in [0, 0.05) is 19.8 Å². The Labute approximate surface area is 172 Å². The van der Waals surface area contributed by atoms with Crippen LogP contribution >= 0.6 is 7.82 Å². The molecule has 6 nitrogen and oxygen atoms in total. The van der Waals surface area contributed by atoms with Crippen LogP contribution in [0, 0.1) is 5.41 Å². The number of ether oxygens (including phenoxy) is 1. The van der Waals surface area contributed by atoms with E-state index in [9.17, 15) is 4.57 Å². The van der Waals surface area contributed by atoms with Crippen molar-refractivity contribution in [2.75, 3.05) is 19.8 Å². The molecule has 0 atom stereocenters. The fraction of sp³-hybridized carbons (Fsp3) is 1.00. The summed E-state index contributed by atoms with van der Waals surface area (Å²) in [4.78, 5) is 18.3. The Hall–Kier alpha value is 0.0300. The Balaban J connectivity index is 3.98. The van der Waals surface area contributed by atoms with Crippen LogP contribution in [0.2, 0.25) is 0 Å². The van der Waals surface area contributed by atoms with Crippen molar-refractivity contribution in [3.05, 3.63) is 0 Å². The fourth-order valence-corrected chi connectivity index (χ4v) is 4.88. The van der Waals surface area contributed by atoms with Gasteiger partial charge in [0.2, 0.25) is 0 Å². The largest absolute Gasteiger partial charge is 0.470 e. The highest BCUT2D eigenvalue weighted by atomic mass is 31.2. The highest BCUT2D eigenvalue weighted by Crippen LogP contribution is 2.45. The lowest BCUT2D eigenvalue weighted by atomic mass is 9.74. The minimum absolute atomic E-state index is 0.279. The molecule has 0 aliphatic carbocycles. The fourth-order valence-electron chi connectivity index (χ4n) is 4.02. The molecular weight excluding hydrogens is 379 g/mol. The summed E-state index contributed by atoms with van der Waals surface area (Å²) < 4.78 is 22.0. The first kappa shape index (κ1) is 28.0. The molecule has 0 saturated heterocycles. The zero-order chi connectivity index (χ0) is 21.5. The number of rotatable bonds is 19. The van der Waals surface area contributed by atoms with Crippen LogP contribution in [0.25, 0.3) is 0 Å². The average molecular weight is 425 g/mol. The lowest BCUT2D eigenvalue weighted by Crippen LogP contribution is -2.30. The molecule has 0 bridgehead atoms. The van der Waals surface area contributed by atoms with Crippen molar-refractivity contribution >= 4 is 7.82 Å². The SMILES string of the molecule is CCC(CC)(CCCO)CCCCOCCCCC(CC)(CC)OP(=O)(O)O. The summed E-state index contributed by atoms with van der Waals surface area (Å²) in [5, 5.41) is 9.10. The first-order valence-corrected chi connectivity index (χ1v) is 12.7. The summed E-state index contributed by atoms with van der Waals surface area (Å²) in [6.45, 7) is 10.0. The Kier molecular flexibility index (Phi) is 14.9. The maximum Gasteiger partial charge on any atom is 0.470 e. The van der Waals surface area contributed by atoms with Gasteiger partial charge in [0.25, 0.3) is 0 Å². The van der Waals surface area contributed by atoms with Gasteiger partial charge in [-0.05, 0) is 63.2 Å². The molecule has 0 spiro atoms. The van der Waals surface area contributed by atoms with E-state index in [4.69, 9.17) is 24.2 Å². The molecule has 0 radical (unpaired) electrons. The smallest absolute Gasteiger partial charge is 0.396 e. The Morgan fingerprint density at radius 1 is 0.750 bits per heavy atom. The lowest BCUT2D eigenvalue weighted by Gasteiger charge is -2.32. The molecule has 28 heavy (non-hydrogen) atoms. The zero-order valence-electron chi connectivity index (χ0n) is 18.6. The van der Waals surface area contributed by atoms with Crippen LogP contribution in [-0.2, 0) is 13.8 Å². The molecular formula is C21H45O6P. The van der Waals surface area contributed by atoms with Crippen molar-refractivity contribution in [3.63, 3.8) is 0 Å². The minimum atomic E-state index is -4.47. The van der Waals surface area contributed by atoms with E-state index in [1.54, 1.807) is 0 Å². The van der Waals surface area contributed by atoms with E-state index in [0.29, 0.717) is 31.3 Å². The molecule has 0 aromatic heterocycles. The van der Waals surface area contributed by atoms with E-state index in [1.165, 1.54) is 6.42 Å². The van der Waals surface area contributed by atoms with Crippen molar-refractivity contribution in [1.29, 1.82) is 0 Å². The third-order valence-electron chi connectivity index (χ3n) is 6.38. The van der Waals surface area contributed by atoms with Gasteiger partial charge in [0.05, 0.1) is 5.60 Å². The van der Waals surface area contributed by atoms with Gasteiger partial charge in [0.15, 0.2) is 0 Å². The molecule has 7 heteroatoms. The number of unbranched alkanes of at least 4 members (excludes halogenated alkanes) is 2. The first-order chi connectivity index (χ1) is 13.2. The third kappa shape index (κ3) is 11.9. The van der Waals surface area contributed by atoms with Crippen molar-refractivity contribution < 1.29 is 28.7 Å². The molecule has 0 fully saturated rings. The van der Waals surface area contributed by atoms with E-state index in [1.807, 2.05) is 13.8 Å². The van der Waals surface area contributed by atoms with Crippen LogP contribution in [0.3, 0.4) is 0 Å². The second-order valence-corrected chi connectivity index (χ2v) is 9.20. The molecule has 170 valence electrons. The number of phosphoric ester groups is 1. The standard InChI is InChI=1S/C21H45O6P/c1-5-20(6-2,15-13-17-22)14-9-11-18-26-19-12-10-16-21(7-3,8-4)27-28(23,24)25/h22H,5-19H2,1-4H3,(H2,23,24,25). The summed E-state index contributed by atoms with van der Waals surface area (Å²) >= 11 is 0. The molecule has 0 heterocycles. The quantitative estimate of drug-likeness (QED) is 0.185. The van der Waals surface area contributed by atoms with E-state index >= 15 is 0 Å². The van der Waals surface area contributed by atoms with Crippen LogP contribution in [0.5, 0.6) is 0 Å². The lowest BCUT2D eigenvalue weighted by molar-refractivity contribution is 0.0153. The van der Waals surface area contributed by atoms with Crippen molar-refractivity contribution in [2.45, 2.75) is 110 Å². The predicted molar refractivity (Wildman–Crippen MR) is 114 cm³/mol. The van der Waals surface area contributed by atoms with Gasteiger partial charge in [0.1, 0.15) is 0 Å². The van der Waals surface area contributed by atoms with Gasteiger partial charge < -0.3 is 19.6 Å². The molecule has 0 saturated carbocycles. The monoisotopic (exact) mass is 424 g/mol. The number of aliphatic hydroxyl groups excluding tert-OH is 1. The van der Waals surface area contributed by atoms with Gasteiger partial charge in [-0.3, -0.25) is 4.52 Å². The molecule has 3 N–H and O–H groups in total. The van der Waals surface area contributed by atoms with Gasteiger partial charge in [-0.2, -0.15) is 0 Å². The van der Waals surface area contributed by atoms with Gasteiger partial charge in [-0.1, -0.05) is 47.0 Å². The van der Waals surface area contributed by atoms with Crippen molar-refractivity contribution in [3.8, 4) is 0 Å². The molecule has 0 unspecified atom stereocenters. The Bertz CT molecular complexity index is 415. The number of hydrogen-bond donors (Lipinski definition) is 3. The highest BCUT2D eigenvalue weighted by molar-refractivity contribution is 7.46. The molecule has 0 aliphatic rings. The normalized spacial score (nSPS) is 13.2. The van der Waals surface area contributed by atoms with Gasteiger partial charge in [-0.15, -0.1) is 0 Å². The summed E-state index contributed by atoms with van der Waals surface area (Å²) in [5.41, 5.74) is -0.373. The van der Waals surface area contributed by atoms with E-state index in [0.717, 1.165) is 58.0 Å². The van der Waals surface area contributed by atoms with E-state index < -0.39 is 13.4 Å². The van der Waals surface area contributed by atoms with Crippen molar-refractivity contribution in [2.24, 2.45) is 5.41 Å². The van der Waals surface area contributed by atoms with Crippen LogP contribution in [0.4, 0.5) is 0 Å². The minimum Gasteiger partial charge on any atom is -0.396 e. The predicted octanol–water partition coefficient (Wildman–Crippen LogP) is 5.59. The van der Waals surface area contributed by atoms with Crippen LogP contribution in [0.15, 0.2) is 0 Å².